The molecule has 1 aliphatic rings. The van der Waals surface area contributed by atoms with Gasteiger partial charge in [-0.1, -0.05) is 74.2 Å². The summed E-state index contributed by atoms with van der Waals surface area (Å²) in [5.74, 6) is 5.17. The van der Waals surface area contributed by atoms with Gasteiger partial charge in [-0.05, 0) is 93.8 Å². The first-order valence-corrected chi connectivity index (χ1v) is 13.1. The Morgan fingerprint density at radius 3 is 2.35 bits per heavy atom. The number of fused-ring (bicyclic) bond motifs is 1. The summed E-state index contributed by atoms with van der Waals surface area (Å²) in [5.41, 5.74) is 6.97. The van der Waals surface area contributed by atoms with E-state index in [-0.39, 0.29) is 16.8 Å². The highest BCUT2D eigenvalue weighted by Crippen LogP contribution is 2.42. The SMILES string of the molecule is CC1(C)CC=C(c2ccc(COc3ccc(F)cc3)cc2)c2ccc(C(O)C#Cc3ccc(C(=O)O)cc3)cc21. The van der Waals surface area contributed by atoms with Crippen LogP contribution in [0.5, 0.6) is 5.75 Å². The van der Waals surface area contributed by atoms with Crippen LogP contribution in [0.4, 0.5) is 4.39 Å². The Kier molecular flexibility index (Phi) is 7.55. The predicted octanol–water partition coefficient (Wildman–Crippen LogP) is 7.30. The first-order valence-electron chi connectivity index (χ1n) is 13.1. The van der Waals surface area contributed by atoms with Gasteiger partial charge in [-0.15, -0.1) is 0 Å². The molecule has 0 spiro atoms. The van der Waals surface area contributed by atoms with Crippen molar-refractivity contribution in [1.82, 2.24) is 0 Å². The summed E-state index contributed by atoms with van der Waals surface area (Å²) in [4.78, 5) is 11.1. The minimum absolute atomic E-state index is 0.113. The van der Waals surface area contributed by atoms with Crippen LogP contribution in [0.15, 0.2) is 97.1 Å². The number of hydrogen-bond acceptors (Lipinski definition) is 3. The lowest BCUT2D eigenvalue weighted by Gasteiger charge is -2.33. The summed E-state index contributed by atoms with van der Waals surface area (Å²) in [7, 11) is 0. The van der Waals surface area contributed by atoms with Crippen LogP contribution in [0.3, 0.4) is 0 Å². The normalized spacial score (nSPS) is 14.2. The zero-order valence-electron chi connectivity index (χ0n) is 22.3. The molecule has 0 saturated heterocycles. The summed E-state index contributed by atoms with van der Waals surface area (Å²) >= 11 is 0. The monoisotopic (exact) mass is 532 g/mol. The van der Waals surface area contributed by atoms with E-state index < -0.39 is 12.1 Å². The number of ether oxygens (including phenoxy) is 1. The number of aliphatic hydroxyl groups excluding tert-OH is 1. The van der Waals surface area contributed by atoms with Crippen molar-refractivity contribution < 1.29 is 24.1 Å². The average molecular weight is 533 g/mol. The maximum atomic E-state index is 13.1. The molecule has 200 valence electrons. The fourth-order valence-electron chi connectivity index (χ4n) is 4.79. The van der Waals surface area contributed by atoms with Crippen LogP contribution in [-0.4, -0.2) is 16.2 Å². The van der Waals surface area contributed by atoms with Crippen molar-refractivity contribution in [1.29, 1.82) is 0 Å². The Hall–Kier alpha value is -4.66. The number of benzene rings is 4. The number of aliphatic hydroxyl groups is 1. The zero-order chi connectivity index (χ0) is 28.3. The summed E-state index contributed by atoms with van der Waals surface area (Å²) < 4.78 is 18.9. The number of carboxylic acids is 1. The van der Waals surface area contributed by atoms with Gasteiger partial charge < -0.3 is 14.9 Å². The second kappa shape index (κ2) is 11.2. The smallest absolute Gasteiger partial charge is 0.335 e. The van der Waals surface area contributed by atoms with Crippen molar-refractivity contribution in [2.24, 2.45) is 0 Å². The molecule has 0 fully saturated rings. The largest absolute Gasteiger partial charge is 0.489 e. The molecule has 0 bridgehead atoms. The van der Waals surface area contributed by atoms with Gasteiger partial charge in [0.2, 0.25) is 0 Å². The Morgan fingerprint density at radius 1 is 0.975 bits per heavy atom. The number of aromatic carboxylic acids is 1. The van der Waals surface area contributed by atoms with E-state index in [0.717, 1.165) is 39.8 Å². The predicted molar refractivity (Wildman–Crippen MR) is 154 cm³/mol. The van der Waals surface area contributed by atoms with E-state index in [4.69, 9.17) is 9.84 Å². The van der Waals surface area contributed by atoms with Crippen LogP contribution in [-0.2, 0) is 12.0 Å². The van der Waals surface area contributed by atoms with Gasteiger partial charge in [0, 0.05) is 5.56 Å². The van der Waals surface area contributed by atoms with Gasteiger partial charge >= 0.3 is 5.97 Å². The van der Waals surface area contributed by atoms with Crippen LogP contribution in [0, 0.1) is 17.7 Å². The van der Waals surface area contributed by atoms with Crippen molar-refractivity contribution in [2.75, 3.05) is 0 Å². The van der Waals surface area contributed by atoms with E-state index >= 15 is 0 Å². The van der Waals surface area contributed by atoms with E-state index in [1.165, 1.54) is 24.3 Å². The lowest BCUT2D eigenvalue weighted by atomic mass is 9.71. The molecular formula is C35H29FO4. The molecular weight excluding hydrogens is 503 g/mol. The maximum Gasteiger partial charge on any atom is 0.335 e. The number of rotatable bonds is 6. The van der Waals surface area contributed by atoms with Crippen LogP contribution in [0.25, 0.3) is 5.57 Å². The van der Waals surface area contributed by atoms with Gasteiger partial charge in [-0.25, -0.2) is 9.18 Å². The van der Waals surface area contributed by atoms with E-state index in [1.54, 1.807) is 24.3 Å². The third-order valence-electron chi connectivity index (χ3n) is 7.16. The lowest BCUT2D eigenvalue weighted by Crippen LogP contribution is -2.22. The van der Waals surface area contributed by atoms with Crippen molar-refractivity contribution >= 4 is 11.5 Å². The summed E-state index contributed by atoms with van der Waals surface area (Å²) in [6, 6.07) is 26.5. The minimum atomic E-state index is -0.989. The van der Waals surface area contributed by atoms with Crippen molar-refractivity contribution in [3.8, 4) is 17.6 Å². The molecule has 5 rings (SSSR count). The van der Waals surface area contributed by atoms with Crippen molar-refractivity contribution in [2.45, 2.75) is 38.4 Å². The molecule has 2 N–H and O–H groups in total. The summed E-state index contributed by atoms with van der Waals surface area (Å²) in [5, 5.41) is 19.9. The molecule has 4 nitrogen and oxygen atoms in total. The number of carboxylic acid groups (broad SMARTS) is 1. The highest BCUT2D eigenvalue weighted by Gasteiger charge is 2.29. The Labute approximate surface area is 233 Å². The standard InChI is InChI=1S/C35H29FO4/c1-35(2)20-19-30(25-8-5-24(6-9-25)22-40-29-15-13-28(36)14-16-29)31-17-12-27(21-32(31)35)33(37)18-7-23-3-10-26(11-4-23)34(38)39/h3-6,8-17,19,21,33,37H,20,22H2,1-2H3,(H,38,39). The summed E-state index contributed by atoms with van der Waals surface area (Å²) in [6.07, 6.45) is 2.14. The number of halogens is 1. The van der Waals surface area contributed by atoms with Crippen molar-refractivity contribution in [3.63, 3.8) is 0 Å². The average Bonchev–Trinajstić information content (AvgIpc) is 2.96. The number of hydrogen-bond donors (Lipinski definition) is 2. The second-order valence-corrected chi connectivity index (χ2v) is 10.5. The van der Waals surface area contributed by atoms with Crippen LogP contribution in [0.1, 0.15) is 70.1 Å². The topological polar surface area (TPSA) is 66.8 Å². The van der Waals surface area contributed by atoms with Gasteiger partial charge in [0.1, 0.15) is 24.3 Å². The third-order valence-corrected chi connectivity index (χ3v) is 7.16. The zero-order valence-corrected chi connectivity index (χ0v) is 22.3. The molecule has 0 aliphatic heterocycles. The van der Waals surface area contributed by atoms with Gasteiger partial charge in [0.15, 0.2) is 0 Å². The number of carbonyl (C=O) groups is 1. The molecule has 0 heterocycles. The molecule has 0 radical (unpaired) electrons. The van der Waals surface area contributed by atoms with E-state index in [1.807, 2.05) is 24.3 Å². The van der Waals surface area contributed by atoms with Gasteiger partial charge in [0.05, 0.1) is 5.56 Å². The first kappa shape index (κ1) is 26.9. The molecule has 40 heavy (non-hydrogen) atoms. The fraction of sp³-hybridized carbons (Fsp3) is 0.171. The third kappa shape index (κ3) is 5.98. The van der Waals surface area contributed by atoms with Gasteiger partial charge in [0.25, 0.3) is 0 Å². The van der Waals surface area contributed by atoms with Crippen molar-refractivity contribution in [3.05, 3.63) is 142 Å². The molecule has 1 unspecified atom stereocenters. The molecule has 4 aromatic rings. The fourth-order valence-corrected chi connectivity index (χ4v) is 4.79. The molecule has 4 aromatic carbocycles. The Balaban J connectivity index is 1.34. The Bertz CT molecular complexity index is 1620. The lowest BCUT2D eigenvalue weighted by molar-refractivity contribution is 0.0697. The van der Waals surface area contributed by atoms with E-state index in [2.05, 4.69) is 50.0 Å². The Morgan fingerprint density at radius 2 is 1.68 bits per heavy atom. The van der Waals surface area contributed by atoms with E-state index in [9.17, 15) is 14.3 Å². The number of allylic oxidation sites excluding steroid dienone is 1. The molecule has 0 amide bonds. The molecule has 1 atom stereocenters. The van der Waals surface area contributed by atoms with Gasteiger partial charge in [-0.3, -0.25) is 0 Å². The van der Waals surface area contributed by atoms with E-state index in [0.29, 0.717) is 17.9 Å². The van der Waals surface area contributed by atoms with Crippen LogP contribution < -0.4 is 4.74 Å². The van der Waals surface area contributed by atoms with Crippen LogP contribution >= 0.6 is 0 Å². The summed E-state index contributed by atoms with van der Waals surface area (Å²) in [6.45, 7) is 4.78. The van der Waals surface area contributed by atoms with Gasteiger partial charge in [-0.2, -0.15) is 0 Å². The molecule has 5 heteroatoms. The minimum Gasteiger partial charge on any atom is -0.489 e. The highest BCUT2D eigenvalue weighted by atomic mass is 19.1. The quantitative estimate of drug-likeness (QED) is 0.256. The first-order chi connectivity index (χ1) is 19.2. The van der Waals surface area contributed by atoms with Crippen LogP contribution in [0.2, 0.25) is 0 Å². The highest BCUT2D eigenvalue weighted by molar-refractivity contribution is 5.87. The maximum absolute atomic E-state index is 13.1. The molecule has 0 aromatic heterocycles. The second-order valence-electron chi connectivity index (χ2n) is 10.5. The molecule has 1 aliphatic carbocycles. The molecule has 0 saturated carbocycles.